The van der Waals surface area contributed by atoms with E-state index in [2.05, 4.69) is 10.6 Å². The summed E-state index contributed by atoms with van der Waals surface area (Å²) in [6.45, 7) is 5.46. The summed E-state index contributed by atoms with van der Waals surface area (Å²) in [7, 11) is 0. The normalized spacial score (nSPS) is 21.7. The van der Waals surface area contributed by atoms with Crippen LogP contribution in [0.2, 0.25) is 0 Å². The molecule has 0 aromatic rings. The number of carbonyl (C=O) groups excluding carboxylic acids is 1. The highest BCUT2D eigenvalue weighted by Crippen LogP contribution is 2.16. The van der Waals surface area contributed by atoms with Crippen molar-refractivity contribution in [3.05, 3.63) is 0 Å². The Morgan fingerprint density at radius 1 is 1.47 bits per heavy atom. The molecule has 1 rings (SSSR count). The van der Waals surface area contributed by atoms with Gasteiger partial charge >= 0.3 is 12.0 Å². The maximum Gasteiger partial charge on any atom is 0.315 e. The Morgan fingerprint density at radius 3 is 2.74 bits per heavy atom. The molecule has 2 amide bonds. The highest BCUT2D eigenvalue weighted by Gasteiger charge is 2.24. The van der Waals surface area contributed by atoms with E-state index >= 15 is 0 Å². The number of rotatable bonds is 7. The van der Waals surface area contributed by atoms with Gasteiger partial charge in [0.1, 0.15) is 0 Å². The summed E-state index contributed by atoms with van der Waals surface area (Å²) in [6, 6.07) is -0.265. The number of carboxylic acids is 1. The fourth-order valence-corrected chi connectivity index (χ4v) is 2.20. The molecule has 0 spiro atoms. The summed E-state index contributed by atoms with van der Waals surface area (Å²) in [5, 5.41) is 14.5. The first-order chi connectivity index (χ1) is 9.04. The van der Waals surface area contributed by atoms with Crippen molar-refractivity contribution in [2.24, 2.45) is 11.8 Å². The van der Waals surface area contributed by atoms with Crippen LogP contribution in [0.3, 0.4) is 0 Å². The van der Waals surface area contributed by atoms with Crippen LogP contribution in [0.4, 0.5) is 4.79 Å². The monoisotopic (exact) mass is 272 g/mol. The smallest absolute Gasteiger partial charge is 0.315 e. The minimum absolute atomic E-state index is 0.0388. The molecule has 3 N–H and O–H groups in total. The van der Waals surface area contributed by atoms with Gasteiger partial charge in [0.05, 0.1) is 12.5 Å². The van der Waals surface area contributed by atoms with Crippen molar-refractivity contribution < 1.29 is 19.4 Å². The van der Waals surface area contributed by atoms with Crippen LogP contribution in [0.5, 0.6) is 0 Å². The van der Waals surface area contributed by atoms with Crippen LogP contribution in [-0.2, 0) is 9.53 Å². The second-order valence-corrected chi connectivity index (χ2v) is 5.09. The van der Waals surface area contributed by atoms with Crippen LogP contribution in [-0.4, -0.2) is 42.9 Å². The molecular formula is C13H24N2O4. The molecule has 6 nitrogen and oxygen atoms in total. The van der Waals surface area contributed by atoms with Gasteiger partial charge in [-0.3, -0.25) is 4.79 Å². The molecule has 3 atom stereocenters. The molecule has 0 bridgehead atoms. The maximum atomic E-state index is 11.7. The van der Waals surface area contributed by atoms with Gasteiger partial charge in [-0.05, 0) is 19.8 Å². The van der Waals surface area contributed by atoms with Gasteiger partial charge in [-0.1, -0.05) is 13.3 Å². The summed E-state index contributed by atoms with van der Waals surface area (Å²) in [4.78, 5) is 22.6. The first-order valence-corrected chi connectivity index (χ1v) is 6.89. The summed E-state index contributed by atoms with van der Waals surface area (Å²) in [5.41, 5.74) is 0. The van der Waals surface area contributed by atoms with Crippen molar-refractivity contribution in [2.45, 2.75) is 39.2 Å². The summed E-state index contributed by atoms with van der Waals surface area (Å²) >= 11 is 0. The van der Waals surface area contributed by atoms with Crippen LogP contribution in [0.15, 0.2) is 0 Å². The predicted octanol–water partition coefficient (Wildman–Crippen LogP) is 1.21. The van der Waals surface area contributed by atoms with Crippen molar-refractivity contribution in [1.82, 2.24) is 10.6 Å². The van der Waals surface area contributed by atoms with Gasteiger partial charge in [-0.25, -0.2) is 4.79 Å². The standard InChI is InChI=1S/C13H24N2O4/c1-3-4-10(12(16)17)7-14-13(18)15-9(2)11-5-6-19-8-11/h9-11H,3-8H2,1-2H3,(H,16,17)(H2,14,15,18). The average Bonchev–Trinajstić information content (AvgIpc) is 2.87. The minimum atomic E-state index is -0.862. The second-order valence-electron chi connectivity index (χ2n) is 5.09. The zero-order valence-electron chi connectivity index (χ0n) is 11.6. The van der Waals surface area contributed by atoms with Gasteiger partial charge in [-0.2, -0.15) is 0 Å². The van der Waals surface area contributed by atoms with Gasteiger partial charge < -0.3 is 20.5 Å². The molecule has 0 aromatic heterocycles. The minimum Gasteiger partial charge on any atom is -0.481 e. The number of amides is 2. The van der Waals surface area contributed by atoms with E-state index in [1.165, 1.54) is 0 Å². The molecule has 1 saturated heterocycles. The van der Waals surface area contributed by atoms with Crippen LogP contribution in [0.25, 0.3) is 0 Å². The number of urea groups is 1. The van der Waals surface area contributed by atoms with Gasteiger partial charge in [0.15, 0.2) is 0 Å². The third kappa shape index (κ3) is 5.46. The molecule has 1 heterocycles. The first kappa shape index (κ1) is 15.8. The zero-order valence-corrected chi connectivity index (χ0v) is 11.6. The van der Waals surface area contributed by atoms with Crippen molar-refractivity contribution in [2.75, 3.05) is 19.8 Å². The quantitative estimate of drug-likeness (QED) is 0.650. The average molecular weight is 272 g/mol. The molecule has 110 valence electrons. The van der Waals surface area contributed by atoms with Gasteiger partial charge in [0, 0.05) is 25.1 Å². The van der Waals surface area contributed by atoms with Crippen molar-refractivity contribution >= 4 is 12.0 Å². The van der Waals surface area contributed by atoms with Gasteiger partial charge in [-0.15, -0.1) is 0 Å². The highest BCUT2D eigenvalue weighted by atomic mass is 16.5. The Bertz CT molecular complexity index is 303. The lowest BCUT2D eigenvalue weighted by molar-refractivity contribution is -0.141. The number of nitrogens with one attached hydrogen (secondary N) is 2. The third-order valence-electron chi connectivity index (χ3n) is 3.53. The number of hydrogen-bond donors (Lipinski definition) is 3. The number of aliphatic carboxylic acids is 1. The topological polar surface area (TPSA) is 87.7 Å². The van der Waals surface area contributed by atoms with Crippen LogP contribution < -0.4 is 10.6 Å². The van der Waals surface area contributed by atoms with E-state index in [-0.39, 0.29) is 18.6 Å². The molecule has 1 aliphatic heterocycles. The summed E-state index contributed by atoms with van der Waals surface area (Å²) in [6.07, 6.45) is 2.31. The summed E-state index contributed by atoms with van der Waals surface area (Å²) in [5.74, 6) is -1.03. The fraction of sp³-hybridized carbons (Fsp3) is 0.846. The number of hydrogen-bond acceptors (Lipinski definition) is 3. The Kier molecular flexibility index (Phi) is 6.62. The highest BCUT2D eigenvalue weighted by molar-refractivity contribution is 5.76. The van der Waals surface area contributed by atoms with E-state index < -0.39 is 11.9 Å². The molecule has 0 aliphatic carbocycles. The Morgan fingerprint density at radius 2 is 2.21 bits per heavy atom. The molecule has 1 fully saturated rings. The SMILES string of the molecule is CCCC(CNC(=O)NC(C)C1CCOC1)C(=O)O. The Labute approximate surface area is 113 Å². The van der Waals surface area contributed by atoms with E-state index in [4.69, 9.17) is 9.84 Å². The Balaban J connectivity index is 2.27. The molecule has 0 saturated carbocycles. The van der Waals surface area contributed by atoms with E-state index in [0.717, 1.165) is 19.4 Å². The third-order valence-corrected chi connectivity index (χ3v) is 3.53. The number of carbonyl (C=O) groups is 2. The number of carboxylic acid groups (broad SMARTS) is 1. The maximum absolute atomic E-state index is 11.7. The second kappa shape index (κ2) is 7.99. The van der Waals surface area contributed by atoms with E-state index in [1.54, 1.807) is 0 Å². The fourth-order valence-electron chi connectivity index (χ4n) is 2.20. The molecular weight excluding hydrogens is 248 g/mol. The van der Waals surface area contributed by atoms with Crippen LogP contribution in [0, 0.1) is 11.8 Å². The first-order valence-electron chi connectivity index (χ1n) is 6.89. The molecule has 19 heavy (non-hydrogen) atoms. The van der Waals surface area contributed by atoms with Crippen LogP contribution in [0.1, 0.15) is 33.1 Å². The molecule has 0 aromatic carbocycles. The lowest BCUT2D eigenvalue weighted by Crippen LogP contribution is -2.46. The molecule has 0 radical (unpaired) electrons. The van der Waals surface area contributed by atoms with E-state index in [0.29, 0.717) is 18.9 Å². The lowest BCUT2D eigenvalue weighted by atomic mass is 10.0. The molecule has 6 heteroatoms. The largest absolute Gasteiger partial charge is 0.481 e. The van der Waals surface area contributed by atoms with Crippen LogP contribution >= 0.6 is 0 Å². The predicted molar refractivity (Wildman–Crippen MR) is 71.0 cm³/mol. The Hall–Kier alpha value is -1.30. The lowest BCUT2D eigenvalue weighted by Gasteiger charge is -2.20. The van der Waals surface area contributed by atoms with Crippen molar-refractivity contribution in [3.8, 4) is 0 Å². The van der Waals surface area contributed by atoms with E-state index in [1.807, 2.05) is 13.8 Å². The molecule has 3 unspecified atom stereocenters. The van der Waals surface area contributed by atoms with Crippen molar-refractivity contribution in [1.29, 1.82) is 0 Å². The summed E-state index contributed by atoms with van der Waals surface area (Å²) < 4.78 is 5.27. The van der Waals surface area contributed by atoms with Crippen molar-refractivity contribution in [3.63, 3.8) is 0 Å². The van der Waals surface area contributed by atoms with Gasteiger partial charge in [0.2, 0.25) is 0 Å². The van der Waals surface area contributed by atoms with E-state index in [9.17, 15) is 9.59 Å². The number of ether oxygens (including phenoxy) is 1. The molecule has 1 aliphatic rings. The zero-order chi connectivity index (χ0) is 14.3. The van der Waals surface area contributed by atoms with Gasteiger partial charge in [0.25, 0.3) is 0 Å².